The summed E-state index contributed by atoms with van der Waals surface area (Å²) in [4.78, 5) is 23.3. The lowest BCUT2D eigenvalue weighted by molar-refractivity contribution is -0.147. The molecule has 0 aliphatic carbocycles. The molecule has 0 aliphatic rings. The molecule has 0 amide bonds. The molecule has 0 saturated carbocycles. The second-order valence-corrected chi connectivity index (χ2v) is 6.05. The number of hydrogen-bond donors (Lipinski definition) is 3. The molecule has 2 aromatic rings. The SMILES string of the molecule is N[C@@](Cc1ccccc1)(CC(Cc1ccccc1)C(=O)O)C(=O)O. The van der Waals surface area contributed by atoms with Crippen molar-refractivity contribution in [3.63, 3.8) is 0 Å². The number of benzene rings is 2. The minimum atomic E-state index is -1.63. The quantitative estimate of drug-likeness (QED) is 0.691. The number of carboxylic acids is 2. The fourth-order valence-electron chi connectivity index (χ4n) is 2.78. The van der Waals surface area contributed by atoms with E-state index in [0.29, 0.717) is 0 Å². The van der Waals surface area contributed by atoms with Gasteiger partial charge in [0, 0.05) is 6.42 Å². The first kappa shape index (κ1) is 17.7. The van der Waals surface area contributed by atoms with E-state index in [2.05, 4.69) is 0 Å². The van der Waals surface area contributed by atoms with E-state index in [4.69, 9.17) is 5.73 Å². The zero-order valence-electron chi connectivity index (χ0n) is 13.3. The van der Waals surface area contributed by atoms with Crippen molar-refractivity contribution >= 4 is 11.9 Å². The summed E-state index contributed by atoms with van der Waals surface area (Å²) in [6, 6.07) is 18.2. The standard InChI is InChI=1S/C19H21NO4/c20-19(18(23)24,12-15-9-5-2-6-10-15)13-16(17(21)22)11-14-7-3-1-4-8-14/h1-10,16H,11-13,20H2,(H,21,22)(H,23,24)/t16?,19-/m0/s1. The van der Waals surface area contributed by atoms with Gasteiger partial charge in [0.1, 0.15) is 5.54 Å². The second-order valence-electron chi connectivity index (χ2n) is 6.05. The molecule has 24 heavy (non-hydrogen) atoms. The molecule has 2 atom stereocenters. The first-order valence-electron chi connectivity index (χ1n) is 7.73. The van der Waals surface area contributed by atoms with Gasteiger partial charge in [-0.3, -0.25) is 9.59 Å². The van der Waals surface area contributed by atoms with Crippen molar-refractivity contribution in [2.24, 2.45) is 11.7 Å². The van der Waals surface area contributed by atoms with Crippen molar-refractivity contribution in [2.45, 2.75) is 24.8 Å². The van der Waals surface area contributed by atoms with Crippen molar-refractivity contribution in [3.8, 4) is 0 Å². The average Bonchev–Trinajstić information content (AvgIpc) is 2.56. The van der Waals surface area contributed by atoms with E-state index in [-0.39, 0.29) is 19.3 Å². The van der Waals surface area contributed by atoms with Gasteiger partial charge in [-0.25, -0.2) is 0 Å². The molecule has 0 heterocycles. The van der Waals surface area contributed by atoms with Crippen molar-refractivity contribution in [1.82, 2.24) is 0 Å². The van der Waals surface area contributed by atoms with Crippen LogP contribution >= 0.6 is 0 Å². The lowest BCUT2D eigenvalue weighted by Crippen LogP contribution is -2.52. The zero-order valence-corrected chi connectivity index (χ0v) is 13.3. The maximum Gasteiger partial charge on any atom is 0.324 e. The number of carbonyl (C=O) groups is 2. The number of hydrogen-bond acceptors (Lipinski definition) is 3. The van der Waals surface area contributed by atoms with Gasteiger partial charge >= 0.3 is 11.9 Å². The van der Waals surface area contributed by atoms with E-state index in [1.807, 2.05) is 36.4 Å². The summed E-state index contributed by atoms with van der Waals surface area (Å²) in [6.07, 6.45) is 0.195. The van der Waals surface area contributed by atoms with Crippen molar-refractivity contribution in [3.05, 3.63) is 71.8 Å². The maximum atomic E-state index is 11.7. The minimum Gasteiger partial charge on any atom is -0.481 e. The summed E-state index contributed by atoms with van der Waals surface area (Å²) in [5.41, 5.74) is 6.09. The van der Waals surface area contributed by atoms with Crippen molar-refractivity contribution < 1.29 is 19.8 Å². The molecule has 5 nitrogen and oxygen atoms in total. The molecule has 0 fully saturated rings. The number of nitrogens with two attached hydrogens (primary N) is 1. The van der Waals surface area contributed by atoms with Gasteiger partial charge < -0.3 is 15.9 Å². The highest BCUT2D eigenvalue weighted by Crippen LogP contribution is 2.24. The number of carboxylic acid groups (broad SMARTS) is 2. The Kier molecular flexibility index (Phi) is 5.71. The van der Waals surface area contributed by atoms with Crippen LogP contribution in [0.5, 0.6) is 0 Å². The maximum absolute atomic E-state index is 11.7. The first-order chi connectivity index (χ1) is 11.4. The fraction of sp³-hybridized carbons (Fsp3) is 0.263. The number of aliphatic carboxylic acids is 2. The van der Waals surface area contributed by atoms with Gasteiger partial charge in [0.25, 0.3) is 0 Å². The summed E-state index contributed by atoms with van der Waals surface area (Å²) >= 11 is 0. The highest BCUT2D eigenvalue weighted by atomic mass is 16.4. The Balaban J connectivity index is 2.19. The topological polar surface area (TPSA) is 101 Å². The summed E-state index contributed by atoms with van der Waals surface area (Å²) in [5, 5.41) is 19.1. The Hall–Kier alpha value is -2.66. The molecule has 2 rings (SSSR count). The molecule has 0 aromatic heterocycles. The highest BCUT2D eigenvalue weighted by molar-refractivity contribution is 5.80. The van der Waals surface area contributed by atoms with Crippen LogP contribution in [0.2, 0.25) is 0 Å². The lowest BCUT2D eigenvalue weighted by atomic mass is 9.81. The summed E-state index contributed by atoms with van der Waals surface area (Å²) < 4.78 is 0. The van der Waals surface area contributed by atoms with Gasteiger partial charge in [0.2, 0.25) is 0 Å². The molecule has 0 spiro atoms. The smallest absolute Gasteiger partial charge is 0.324 e. The third-order valence-corrected chi connectivity index (χ3v) is 4.07. The van der Waals surface area contributed by atoms with Crippen LogP contribution in [0.1, 0.15) is 17.5 Å². The molecule has 126 valence electrons. The van der Waals surface area contributed by atoms with Gasteiger partial charge in [-0.15, -0.1) is 0 Å². The van der Waals surface area contributed by atoms with E-state index in [1.54, 1.807) is 24.3 Å². The lowest BCUT2D eigenvalue weighted by Gasteiger charge is -2.28. The van der Waals surface area contributed by atoms with Crippen LogP contribution < -0.4 is 5.73 Å². The molecule has 0 radical (unpaired) electrons. The molecule has 0 bridgehead atoms. The average molecular weight is 327 g/mol. The first-order valence-corrected chi connectivity index (χ1v) is 7.73. The summed E-state index contributed by atoms with van der Waals surface area (Å²) in [5.74, 6) is -3.09. The largest absolute Gasteiger partial charge is 0.481 e. The Morgan fingerprint density at radius 3 is 1.88 bits per heavy atom. The minimum absolute atomic E-state index is 0.0851. The Morgan fingerprint density at radius 2 is 1.42 bits per heavy atom. The fourth-order valence-corrected chi connectivity index (χ4v) is 2.78. The van der Waals surface area contributed by atoms with Crippen LogP contribution in [0.25, 0.3) is 0 Å². The third kappa shape index (κ3) is 4.67. The van der Waals surface area contributed by atoms with Crippen LogP contribution in [0, 0.1) is 5.92 Å². The van der Waals surface area contributed by atoms with E-state index >= 15 is 0 Å². The summed E-state index contributed by atoms with van der Waals surface area (Å²) in [7, 11) is 0. The predicted molar refractivity (Wildman–Crippen MR) is 90.6 cm³/mol. The van der Waals surface area contributed by atoms with Gasteiger partial charge in [0.15, 0.2) is 0 Å². The molecule has 5 heteroatoms. The molecule has 2 aromatic carbocycles. The van der Waals surface area contributed by atoms with Gasteiger partial charge in [-0.2, -0.15) is 0 Å². The van der Waals surface area contributed by atoms with Gasteiger partial charge in [-0.1, -0.05) is 60.7 Å². The highest BCUT2D eigenvalue weighted by Gasteiger charge is 2.39. The van der Waals surface area contributed by atoms with Gasteiger partial charge in [-0.05, 0) is 24.0 Å². The molecule has 0 saturated heterocycles. The third-order valence-electron chi connectivity index (χ3n) is 4.07. The van der Waals surface area contributed by atoms with E-state index in [1.165, 1.54) is 0 Å². The Bertz CT molecular complexity index is 687. The zero-order chi connectivity index (χ0) is 17.6. The van der Waals surface area contributed by atoms with Crippen LogP contribution in [-0.4, -0.2) is 27.7 Å². The van der Waals surface area contributed by atoms with Crippen molar-refractivity contribution in [2.75, 3.05) is 0 Å². The Morgan fingerprint density at radius 1 is 0.917 bits per heavy atom. The molecular weight excluding hydrogens is 306 g/mol. The van der Waals surface area contributed by atoms with Gasteiger partial charge in [0.05, 0.1) is 5.92 Å². The van der Waals surface area contributed by atoms with Crippen LogP contribution in [-0.2, 0) is 22.4 Å². The van der Waals surface area contributed by atoms with Crippen molar-refractivity contribution in [1.29, 1.82) is 0 Å². The molecule has 1 unspecified atom stereocenters. The second kappa shape index (κ2) is 7.75. The van der Waals surface area contributed by atoms with Crippen LogP contribution in [0.3, 0.4) is 0 Å². The van der Waals surface area contributed by atoms with E-state index in [9.17, 15) is 19.8 Å². The predicted octanol–water partition coefficient (Wildman–Crippen LogP) is 2.34. The monoisotopic (exact) mass is 327 g/mol. The Labute approximate surface area is 140 Å². The van der Waals surface area contributed by atoms with E-state index < -0.39 is 23.4 Å². The van der Waals surface area contributed by atoms with E-state index in [0.717, 1.165) is 11.1 Å². The molecule has 0 aliphatic heterocycles. The number of rotatable bonds is 8. The van der Waals surface area contributed by atoms with Crippen LogP contribution in [0.15, 0.2) is 60.7 Å². The van der Waals surface area contributed by atoms with Crippen LogP contribution in [0.4, 0.5) is 0 Å². The molecular formula is C19H21NO4. The normalized spacial score (nSPS) is 14.5. The molecule has 4 N–H and O–H groups in total. The summed E-state index contributed by atoms with van der Waals surface area (Å²) in [6.45, 7) is 0.